The van der Waals surface area contributed by atoms with E-state index < -0.39 is 36.9 Å². The number of halogens is 1. The number of urea groups is 1. The summed E-state index contributed by atoms with van der Waals surface area (Å²) in [6, 6.07) is 14.3. The summed E-state index contributed by atoms with van der Waals surface area (Å²) in [7, 11) is -4.52. The molecule has 1 fully saturated rings. The fraction of sp³-hybridized carbons (Fsp3) is 0.280. The Morgan fingerprint density at radius 3 is 2.34 bits per heavy atom. The molecule has 0 radical (unpaired) electrons. The zero-order valence-corrected chi connectivity index (χ0v) is 20.7. The Balaban J connectivity index is 1.73. The van der Waals surface area contributed by atoms with Gasteiger partial charge in [0.15, 0.2) is 0 Å². The van der Waals surface area contributed by atoms with Crippen LogP contribution in [-0.4, -0.2) is 47.0 Å². The molecule has 0 saturated carbocycles. The lowest BCUT2D eigenvalue weighted by Crippen LogP contribution is -2.69. The van der Waals surface area contributed by atoms with Crippen molar-refractivity contribution in [1.29, 1.82) is 0 Å². The summed E-state index contributed by atoms with van der Waals surface area (Å²) in [5.41, 5.74) is 2.08. The van der Waals surface area contributed by atoms with Crippen LogP contribution in [0.1, 0.15) is 31.7 Å². The third-order valence-electron chi connectivity index (χ3n) is 6.73. The Hall–Kier alpha value is -3.14. The van der Waals surface area contributed by atoms with Gasteiger partial charge in [0.25, 0.3) is 0 Å². The molecular weight excluding hydrogens is 490 g/mol. The lowest BCUT2D eigenvalue weighted by molar-refractivity contribution is -0.742. The van der Waals surface area contributed by atoms with Gasteiger partial charge in [0.1, 0.15) is 12.6 Å². The van der Waals surface area contributed by atoms with Gasteiger partial charge in [-0.25, -0.2) is 4.79 Å². The van der Waals surface area contributed by atoms with Crippen LogP contribution in [0.4, 0.5) is 15.3 Å². The highest BCUT2D eigenvalue weighted by Gasteiger charge is 2.65. The average Bonchev–Trinajstić information content (AvgIpc) is 3.24. The first-order valence-electron chi connectivity index (χ1n) is 11.3. The first-order valence-corrected chi connectivity index (χ1v) is 13.1. The molecule has 2 aliphatic rings. The number of nitrogens with one attached hydrogen (secondary N) is 2. The SMILES string of the molecule is C[C@@H]1CCC[N+]1(C(=O)O)S(=O)(=O)C1(NC(=O)Nc2ccc(Cl)cc2)C=CC(c2ccccc2)=CC1. The molecule has 0 aromatic heterocycles. The normalized spacial score (nSPS) is 26.1. The van der Waals surface area contributed by atoms with Gasteiger partial charge in [-0.1, -0.05) is 54.1 Å². The van der Waals surface area contributed by atoms with Crippen molar-refractivity contribution >= 4 is 45.0 Å². The fourth-order valence-electron chi connectivity index (χ4n) is 4.79. The van der Waals surface area contributed by atoms with Crippen LogP contribution in [0.5, 0.6) is 0 Å². The number of likely N-dealkylation sites (tertiary alicyclic amines) is 1. The number of quaternary nitrogens is 1. The maximum absolute atomic E-state index is 14.2. The van der Waals surface area contributed by atoms with Crippen molar-refractivity contribution in [3.8, 4) is 0 Å². The van der Waals surface area contributed by atoms with E-state index in [0.29, 0.717) is 23.6 Å². The lowest BCUT2D eigenvalue weighted by atomic mass is 9.97. The molecule has 8 nitrogen and oxygen atoms in total. The molecule has 1 aliphatic carbocycles. The van der Waals surface area contributed by atoms with Gasteiger partial charge in [0.05, 0.1) is 0 Å². The number of carbonyl (C=O) groups excluding carboxylic acids is 1. The van der Waals surface area contributed by atoms with E-state index in [4.69, 9.17) is 11.6 Å². The standard InChI is InChI=1S/C25H26ClN3O5S/c1-18-6-5-17-29(18,24(31)32)35(33,34)25(28-23(30)27-22-11-9-21(26)10-12-22)15-13-20(14-16-25)19-7-3-2-4-8-19/h2-4,7-15,18H,5-6,16-17H2,1H3,(H2-,27,28,30,31,32)/p+1/t18-,25?,29?/m1/s1. The summed E-state index contributed by atoms with van der Waals surface area (Å²) in [5.74, 6) is 0. The monoisotopic (exact) mass is 516 g/mol. The number of rotatable bonds is 5. The molecule has 3 N–H and O–H groups in total. The van der Waals surface area contributed by atoms with Gasteiger partial charge < -0.3 is 15.7 Å². The van der Waals surface area contributed by atoms with Crippen molar-refractivity contribution in [3.63, 3.8) is 0 Å². The average molecular weight is 517 g/mol. The minimum Gasteiger partial charge on any atom is -0.435 e. The largest absolute Gasteiger partial charge is 0.529 e. The van der Waals surface area contributed by atoms with Crippen LogP contribution in [0, 0.1) is 0 Å². The highest BCUT2D eigenvalue weighted by Crippen LogP contribution is 2.41. The molecule has 3 atom stereocenters. The van der Waals surface area contributed by atoms with Crippen molar-refractivity contribution in [2.24, 2.45) is 0 Å². The summed E-state index contributed by atoms with van der Waals surface area (Å²) in [4.78, 5) is 23.5. The van der Waals surface area contributed by atoms with E-state index in [1.54, 1.807) is 43.3 Å². The molecule has 1 aliphatic heterocycles. The van der Waals surface area contributed by atoms with Gasteiger partial charge in [0, 0.05) is 30.0 Å². The predicted molar refractivity (Wildman–Crippen MR) is 135 cm³/mol. The molecule has 10 heteroatoms. The molecular formula is C25H27ClN3O5S+. The second-order valence-corrected chi connectivity index (χ2v) is 11.6. The predicted octanol–water partition coefficient (Wildman–Crippen LogP) is 5.21. The molecule has 1 heterocycles. The number of nitrogens with zero attached hydrogens (tertiary/aromatic N) is 1. The second-order valence-electron chi connectivity index (χ2n) is 8.81. The number of anilines is 1. The van der Waals surface area contributed by atoms with Crippen LogP contribution in [0.2, 0.25) is 5.02 Å². The van der Waals surface area contributed by atoms with Crippen LogP contribution in [0.3, 0.4) is 0 Å². The second kappa shape index (κ2) is 9.49. The first kappa shape index (κ1) is 25.0. The van der Waals surface area contributed by atoms with Gasteiger partial charge in [-0.15, -0.1) is 3.89 Å². The summed E-state index contributed by atoms with van der Waals surface area (Å²) >= 11 is 5.90. The van der Waals surface area contributed by atoms with Crippen molar-refractivity contribution < 1.29 is 27.0 Å². The van der Waals surface area contributed by atoms with E-state index in [9.17, 15) is 23.1 Å². The molecule has 2 aromatic carbocycles. The zero-order valence-electron chi connectivity index (χ0n) is 19.1. The third-order valence-corrected chi connectivity index (χ3v) is 9.86. The summed E-state index contributed by atoms with van der Waals surface area (Å²) < 4.78 is 27.3. The number of carbonyl (C=O) groups is 2. The maximum Gasteiger partial charge on any atom is 0.529 e. The summed E-state index contributed by atoms with van der Waals surface area (Å²) in [5, 5.41) is 15.9. The van der Waals surface area contributed by atoms with Gasteiger partial charge in [-0.05, 0) is 48.4 Å². The number of carboxylic acid groups (broad SMARTS) is 1. The van der Waals surface area contributed by atoms with Crippen molar-refractivity contribution in [2.45, 2.75) is 37.1 Å². The van der Waals surface area contributed by atoms with Crippen LogP contribution in [0.25, 0.3) is 5.57 Å². The molecule has 0 spiro atoms. The maximum atomic E-state index is 14.2. The molecule has 4 rings (SSSR count). The minimum absolute atomic E-state index is 0.0653. The number of allylic oxidation sites excluding steroid dienone is 2. The Kier molecular flexibility index (Phi) is 6.77. The highest BCUT2D eigenvalue weighted by atomic mass is 35.5. The Morgan fingerprint density at radius 1 is 1.11 bits per heavy atom. The molecule has 3 amide bonds. The van der Waals surface area contributed by atoms with Crippen molar-refractivity contribution in [3.05, 3.63) is 83.4 Å². The molecule has 184 valence electrons. The van der Waals surface area contributed by atoms with Gasteiger partial charge in [-0.2, -0.15) is 13.2 Å². The van der Waals surface area contributed by atoms with E-state index in [1.165, 1.54) is 6.08 Å². The molecule has 1 saturated heterocycles. The summed E-state index contributed by atoms with van der Waals surface area (Å²) in [6.07, 6.45) is 4.08. The number of benzene rings is 2. The number of hydrogen-bond acceptors (Lipinski definition) is 4. The van der Waals surface area contributed by atoms with Gasteiger partial charge in [-0.3, -0.25) is 0 Å². The lowest BCUT2D eigenvalue weighted by Gasteiger charge is -2.40. The zero-order chi connectivity index (χ0) is 25.3. The molecule has 35 heavy (non-hydrogen) atoms. The minimum atomic E-state index is -4.52. The summed E-state index contributed by atoms with van der Waals surface area (Å²) in [6.45, 7) is 1.56. The van der Waals surface area contributed by atoms with Crippen molar-refractivity contribution in [1.82, 2.24) is 5.32 Å². The number of sulfonamides is 1. The fourth-order valence-corrected chi connectivity index (χ4v) is 7.41. The van der Waals surface area contributed by atoms with E-state index in [2.05, 4.69) is 10.6 Å². The number of amides is 3. The first-order chi connectivity index (χ1) is 16.6. The van der Waals surface area contributed by atoms with Crippen LogP contribution >= 0.6 is 11.6 Å². The van der Waals surface area contributed by atoms with Crippen LogP contribution < -0.4 is 10.6 Å². The quantitative estimate of drug-likeness (QED) is 0.472. The molecule has 2 unspecified atom stereocenters. The van der Waals surface area contributed by atoms with E-state index in [1.807, 2.05) is 30.3 Å². The van der Waals surface area contributed by atoms with Crippen molar-refractivity contribution in [2.75, 3.05) is 11.9 Å². The van der Waals surface area contributed by atoms with E-state index in [0.717, 1.165) is 11.1 Å². The Bertz CT molecular complexity index is 1290. The topological polar surface area (TPSA) is 113 Å². The van der Waals surface area contributed by atoms with Gasteiger partial charge in [0.2, 0.25) is 4.87 Å². The van der Waals surface area contributed by atoms with E-state index >= 15 is 0 Å². The van der Waals surface area contributed by atoms with E-state index in [-0.39, 0.29) is 13.0 Å². The molecule has 0 bridgehead atoms. The Labute approximate surface area is 209 Å². The Morgan fingerprint density at radius 2 is 1.80 bits per heavy atom. The van der Waals surface area contributed by atoms with Crippen LogP contribution in [0.15, 0.2) is 72.8 Å². The van der Waals surface area contributed by atoms with Gasteiger partial charge >= 0.3 is 22.1 Å². The van der Waals surface area contributed by atoms with Crippen LogP contribution in [-0.2, 0) is 10.0 Å². The highest BCUT2D eigenvalue weighted by molar-refractivity contribution is 7.87. The third kappa shape index (κ3) is 4.35. The molecule has 2 aromatic rings. The number of hydrogen-bond donors (Lipinski definition) is 3. The smallest absolute Gasteiger partial charge is 0.435 e.